The number of aromatic nitrogens is 1. The van der Waals surface area contributed by atoms with Crippen molar-refractivity contribution in [2.75, 3.05) is 13.1 Å². The Hall–Kier alpha value is -2.05. The minimum atomic E-state index is -0.564. The number of nitrogens with zero attached hydrogens (tertiary/aromatic N) is 2. The van der Waals surface area contributed by atoms with Gasteiger partial charge in [0.25, 0.3) is 5.91 Å². The highest BCUT2D eigenvalue weighted by Gasteiger charge is 2.26. The van der Waals surface area contributed by atoms with Crippen LogP contribution in [0, 0.1) is 0 Å². The van der Waals surface area contributed by atoms with Gasteiger partial charge in [0, 0.05) is 25.2 Å². The molecule has 3 N–H and O–H groups in total. The van der Waals surface area contributed by atoms with Gasteiger partial charge >= 0.3 is 6.03 Å². The number of hydrogen-bond acceptors (Lipinski definition) is 4. The molecule has 0 aromatic carbocycles. The maximum Gasteiger partial charge on any atom is 0.312 e. The third kappa shape index (κ3) is 2.74. The number of nitrogens with two attached hydrogens (primary N) is 1. The molecule has 0 bridgehead atoms. The molecular formula is C10H14N4O3. The summed E-state index contributed by atoms with van der Waals surface area (Å²) in [6.07, 6.45) is 3.01. The number of amides is 3. The van der Waals surface area contributed by atoms with Gasteiger partial charge in [0.05, 0.1) is 0 Å². The predicted octanol–water partition coefficient (Wildman–Crippen LogP) is -0.0525. The second kappa shape index (κ2) is 4.86. The summed E-state index contributed by atoms with van der Waals surface area (Å²) in [5.74, 6) is -0.185. The van der Waals surface area contributed by atoms with E-state index in [0.717, 1.165) is 12.8 Å². The fraction of sp³-hybridized carbons (Fsp3) is 0.500. The minimum Gasteiger partial charge on any atom is -0.364 e. The van der Waals surface area contributed by atoms with Gasteiger partial charge in [-0.25, -0.2) is 4.79 Å². The first-order valence-corrected chi connectivity index (χ1v) is 5.42. The van der Waals surface area contributed by atoms with Crippen LogP contribution in [0.1, 0.15) is 23.3 Å². The first-order chi connectivity index (χ1) is 8.16. The zero-order valence-electron chi connectivity index (χ0n) is 9.26. The Labute approximate surface area is 97.9 Å². The molecule has 1 aliphatic rings. The zero-order valence-corrected chi connectivity index (χ0v) is 9.26. The van der Waals surface area contributed by atoms with E-state index in [-0.39, 0.29) is 17.6 Å². The summed E-state index contributed by atoms with van der Waals surface area (Å²) in [6, 6.07) is 0.871. The Kier molecular flexibility index (Phi) is 3.27. The fourth-order valence-corrected chi connectivity index (χ4v) is 1.97. The SMILES string of the molecule is NC(=O)N[C@@H]1CCCN(C(=O)c2ccon2)C1. The van der Waals surface area contributed by atoms with E-state index in [1.807, 2.05) is 0 Å². The summed E-state index contributed by atoms with van der Waals surface area (Å²) in [5, 5.41) is 6.21. The first-order valence-electron chi connectivity index (χ1n) is 5.42. The van der Waals surface area contributed by atoms with Gasteiger partial charge in [-0.2, -0.15) is 0 Å². The lowest BCUT2D eigenvalue weighted by molar-refractivity contribution is 0.0688. The van der Waals surface area contributed by atoms with Crippen molar-refractivity contribution >= 4 is 11.9 Å². The number of piperidine rings is 1. The maximum absolute atomic E-state index is 12.0. The van der Waals surface area contributed by atoms with Crippen LogP contribution in [0.2, 0.25) is 0 Å². The minimum absolute atomic E-state index is 0.0860. The van der Waals surface area contributed by atoms with Gasteiger partial charge in [0.1, 0.15) is 6.26 Å². The third-order valence-electron chi connectivity index (χ3n) is 2.71. The number of carbonyl (C=O) groups excluding carboxylic acids is 2. The van der Waals surface area contributed by atoms with Crippen molar-refractivity contribution in [3.8, 4) is 0 Å². The highest BCUT2D eigenvalue weighted by molar-refractivity contribution is 5.92. The van der Waals surface area contributed by atoms with Gasteiger partial charge in [-0.15, -0.1) is 0 Å². The molecule has 1 aliphatic heterocycles. The van der Waals surface area contributed by atoms with E-state index in [1.54, 1.807) is 4.90 Å². The average molecular weight is 238 g/mol. The normalized spacial score (nSPS) is 20.0. The second-order valence-corrected chi connectivity index (χ2v) is 3.98. The van der Waals surface area contributed by atoms with E-state index in [9.17, 15) is 9.59 Å². The predicted molar refractivity (Wildman–Crippen MR) is 58.1 cm³/mol. The monoisotopic (exact) mass is 238 g/mol. The van der Waals surface area contributed by atoms with Gasteiger partial charge in [-0.3, -0.25) is 4.79 Å². The molecular weight excluding hydrogens is 224 g/mol. The van der Waals surface area contributed by atoms with E-state index >= 15 is 0 Å². The molecule has 92 valence electrons. The summed E-state index contributed by atoms with van der Waals surface area (Å²) >= 11 is 0. The van der Waals surface area contributed by atoms with Crippen molar-refractivity contribution < 1.29 is 14.1 Å². The lowest BCUT2D eigenvalue weighted by Gasteiger charge is -2.32. The van der Waals surface area contributed by atoms with Crippen molar-refractivity contribution in [1.29, 1.82) is 0 Å². The molecule has 0 radical (unpaired) electrons. The number of urea groups is 1. The number of primary amides is 1. The van der Waals surface area contributed by atoms with Crippen LogP contribution < -0.4 is 11.1 Å². The highest BCUT2D eigenvalue weighted by atomic mass is 16.5. The lowest BCUT2D eigenvalue weighted by atomic mass is 10.1. The van der Waals surface area contributed by atoms with E-state index < -0.39 is 6.03 Å². The van der Waals surface area contributed by atoms with Crippen LogP contribution in [0.5, 0.6) is 0 Å². The molecule has 0 unspecified atom stereocenters. The van der Waals surface area contributed by atoms with Crippen LogP contribution >= 0.6 is 0 Å². The summed E-state index contributed by atoms with van der Waals surface area (Å²) < 4.78 is 4.63. The van der Waals surface area contributed by atoms with Crippen molar-refractivity contribution in [3.63, 3.8) is 0 Å². The molecule has 1 aromatic rings. The fourth-order valence-electron chi connectivity index (χ4n) is 1.97. The maximum atomic E-state index is 12.0. The van der Waals surface area contributed by atoms with E-state index in [4.69, 9.17) is 5.73 Å². The molecule has 3 amide bonds. The molecule has 1 saturated heterocycles. The largest absolute Gasteiger partial charge is 0.364 e. The van der Waals surface area contributed by atoms with Crippen LogP contribution in [-0.2, 0) is 0 Å². The number of nitrogens with one attached hydrogen (secondary N) is 1. The van der Waals surface area contributed by atoms with Crippen molar-refractivity contribution in [1.82, 2.24) is 15.4 Å². The summed E-state index contributed by atoms with van der Waals surface area (Å²) in [7, 11) is 0. The lowest BCUT2D eigenvalue weighted by Crippen LogP contribution is -2.50. The Bertz CT molecular complexity index is 404. The molecule has 2 rings (SSSR count). The standard InChI is InChI=1S/C10H14N4O3/c11-10(16)12-7-2-1-4-14(6-7)9(15)8-3-5-17-13-8/h3,5,7H,1-2,4,6H2,(H3,11,12,16)/t7-/m1/s1. The van der Waals surface area contributed by atoms with Gasteiger partial charge in [0.15, 0.2) is 5.69 Å². The third-order valence-corrected chi connectivity index (χ3v) is 2.71. The highest BCUT2D eigenvalue weighted by Crippen LogP contribution is 2.12. The number of likely N-dealkylation sites (tertiary alicyclic amines) is 1. The van der Waals surface area contributed by atoms with Gasteiger partial charge in [0.2, 0.25) is 0 Å². The molecule has 17 heavy (non-hydrogen) atoms. The molecule has 0 aliphatic carbocycles. The average Bonchev–Trinajstić information content (AvgIpc) is 2.81. The Morgan fingerprint density at radius 2 is 2.41 bits per heavy atom. The Balaban J connectivity index is 1.97. The number of hydrogen-bond donors (Lipinski definition) is 2. The van der Waals surface area contributed by atoms with E-state index in [0.29, 0.717) is 13.1 Å². The van der Waals surface area contributed by atoms with E-state index in [2.05, 4.69) is 15.0 Å². The summed E-state index contributed by atoms with van der Waals surface area (Å²) in [5.41, 5.74) is 5.34. The van der Waals surface area contributed by atoms with Crippen molar-refractivity contribution in [3.05, 3.63) is 18.0 Å². The molecule has 1 fully saturated rings. The second-order valence-electron chi connectivity index (χ2n) is 3.98. The van der Waals surface area contributed by atoms with Crippen molar-refractivity contribution in [2.45, 2.75) is 18.9 Å². The molecule has 0 saturated carbocycles. The zero-order chi connectivity index (χ0) is 12.3. The van der Waals surface area contributed by atoms with Gasteiger partial charge in [-0.1, -0.05) is 5.16 Å². The van der Waals surface area contributed by atoms with Gasteiger partial charge in [-0.05, 0) is 12.8 Å². The smallest absolute Gasteiger partial charge is 0.312 e. The molecule has 7 heteroatoms. The van der Waals surface area contributed by atoms with Crippen LogP contribution in [0.3, 0.4) is 0 Å². The molecule has 1 atom stereocenters. The molecule has 7 nitrogen and oxygen atoms in total. The number of carbonyl (C=O) groups is 2. The molecule has 1 aromatic heterocycles. The molecule has 0 spiro atoms. The topological polar surface area (TPSA) is 101 Å². The van der Waals surface area contributed by atoms with Crippen LogP contribution in [0.25, 0.3) is 0 Å². The van der Waals surface area contributed by atoms with Crippen LogP contribution in [-0.4, -0.2) is 41.1 Å². The van der Waals surface area contributed by atoms with E-state index in [1.165, 1.54) is 12.3 Å². The van der Waals surface area contributed by atoms with Crippen molar-refractivity contribution in [2.24, 2.45) is 5.73 Å². The quantitative estimate of drug-likeness (QED) is 0.754. The van der Waals surface area contributed by atoms with Crippen LogP contribution in [0.4, 0.5) is 4.79 Å². The first kappa shape index (κ1) is 11.4. The van der Waals surface area contributed by atoms with Crippen LogP contribution in [0.15, 0.2) is 16.9 Å². The summed E-state index contributed by atoms with van der Waals surface area (Å²) in [6.45, 7) is 1.11. The molecule has 2 heterocycles. The Morgan fingerprint density at radius 3 is 3.06 bits per heavy atom. The Morgan fingerprint density at radius 1 is 1.59 bits per heavy atom. The summed E-state index contributed by atoms with van der Waals surface area (Å²) in [4.78, 5) is 24.3. The number of rotatable bonds is 2. The van der Waals surface area contributed by atoms with Gasteiger partial charge < -0.3 is 20.5 Å².